The minimum absolute atomic E-state index is 0.0519. The minimum Gasteiger partial charge on any atom is -0.481 e. The first-order valence-electron chi connectivity index (χ1n) is 9.71. The zero-order valence-corrected chi connectivity index (χ0v) is 15.7. The van der Waals surface area contributed by atoms with E-state index in [2.05, 4.69) is 15.5 Å². The molecular weight excluding hydrogens is 356 g/mol. The monoisotopic (exact) mass is 380 g/mol. The molecule has 146 valence electrons. The minimum atomic E-state index is -0.115. The molecule has 0 saturated heterocycles. The molecule has 1 heterocycles. The molecule has 2 aromatic carbocycles. The van der Waals surface area contributed by atoms with Crippen molar-refractivity contribution in [1.29, 1.82) is 0 Å². The van der Waals surface area contributed by atoms with Crippen LogP contribution in [-0.4, -0.2) is 45.3 Å². The summed E-state index contributed by atoms with van der Waals surface area (Å²) in [5, 5.41) is 21.3. The van der Waals surface area contributed by atoms with Crippen LogP contribution in [0.15, 0.2) is 42.5 Å². The smallest absolute Gasteiger partial charge is 0.258 e. The Bertz CT molecular complexity index is 930. The van der Waals surface area contributed by atoms with Crippen LogP contribution in [0.3, 0.4) is 0 Å². The molecule has 1 aromatic heterocycles. The molecule has 7 heteroatoms. The van der Waals surface area contributed by atoms with Crippen molar-refractivity contribution >= 4 is 16.9 Å². The van der Waals surface area contributed by atoms with Gasteiger partial charge < -0.3 is 15.2 Å². The Morgan fingerprint density at radius 3 is 2.54 bits per heavy atom. The third kappa shape index (κ3) is 4.14. The Labute approximate surface area is 163 Å². The Morgan fingerprint density at radius 1 is 1.14 bits per heavy atom. The molecule has 2 N–H and O–H groups in total. The maximum absolute atomic E-state index is 12.2. The van der Waals surface area contributed by atoms with Crippen molar-refractivity contribution < 1.29 is 14.6 Å². The third-order valence-corrected chi connectivity index (χ3v) is 5.00. The van der Waals surface area contributed by atoms with Crippen molar-refractivity contribution in [2.24, 2.45) is 0 Å². The molecule has 1 amide bonds. The molecule has 7 nitrogen and oxygen atoms in total. The molecule has 0 unspecified atom stereocenters. The van der Waals surface area contributed by atoms with Gasteiger partial charge in [0.15, 0.2) is 6.61 Å². The maximum atomic E-state index is 12.2. The molecule has 0 radical (unpaired) electrons. The topological polar surface area (TPSA) is 89.3 Å². The second kappa shape index (κ2) is 8.39. The number of fused-ring (bicyclic) bond motifs is 1. The number of aliphatic hydroxyl groups excluding tert-OH is 1. The lowest BCUT2D eigenvalue weighted by Gasteiger charge is -2.14. The molecule has 28 heavy (non-hydrogen) atoms. The molecule has 1 fully saturated rings. The standard InChI is InChI=1S/C21H24N4O3/c26-12-11-15-9-10-20(28-14-21(27)22-16-5-1-2-6-16)19(13-15)25-23-17-7-3-4-8-18(17)24-25/h3-4,7-10,13,16,26H,1-2,5-6,11-12,14H2,(H,22,27). The quantitative estimate of drug-likeness (QED) is 0.657. The predicted octanol–water partition coefficient (Wildman–Crippen LogP) is 2.39. The van der Waals surface area contributed by atoms with Gasteiger partial charge in [-0.05, 0) is 49.1 Å². The van der Waals surface area contributed by atoms with E-state index in [1.54, 1.807) is 6.07 Å². The van der Waals surface area contributed by atoms with Crippen LogP contribution in [0.1, 0.15) is 31.2 Å². The van der Waals surface area contributed by atoms with E-state index in [1.807, 2.05) is 36.4 Å². The van der Waals surface area contributed by atoms with Crippen LogP contribution in [0.5, 0.6) is 5.75 Å². The van der Waals surface area contributed by atoms with Crippen LogP contribution in [0, 0.1) is 0 Å². The highest BCUT2D eigenvalue weighted by Crippen LogP contribution is 2.25. The second-order valence-corrected chi connectivity index (χ2v) is 7.09. The summed E-state index contributed by atoms with van der Waals surface area (Å²) < 4.78 is 5.82. The summed E-state index contributed by atoms with van der Waals surface area (Å²) in [6.45, 7) is 0.00157. The van der Waals surface area contributed by atoms with Crippen LogP contribution in [-0.2, 0) is 11.2 Å². The van der Waals surface area contributed by atoms with E-state index >= 15 is 0 Å². The first-order valence-corrected chi connectivity index (χ1v) is 9.71. The van der Waals surface area contributed by atoms with E-state index in [0.717, 1.165) is 29.4 Å². The summed E-state index contributed by atoms with van der Waals surface area (Å²) >= 11 is 0. The number of nitrogens with one attached hydrogen (secondary N) is 1. The van der Waals surface area contributed by atoms with Gasteiger partial charge in [-0.1, -0.05) is 31.0 Å². The van der Waals surface area contributed by atoms with Gasteiger partial charge in [0.25, 0.3) is 5.91 Å². The summed E-state index contributed by atoms with van der Waals surface area (Å²) in [5.74, 6) is 0.416. The molecule has 1 saturated carbocycles. The van der Waals surface area contributed by atoms with Gasteiger partial charge in [0.2, 0.25) is 0 Å². The number of carbonyl (C=O) groups is 1. The SMILES string of the molecule is O=C(COc1ccc(CCO)cc1-n1nc2ccccc2n1)NC1CCCC1. The number of carbonyl (C=O) groups excluding carboxylic acids is 1. The van der Waals surface area contributed by atoms with E-state index in [9.17, 15) is 9.90 Å². The average Bonchev–Trinajstić information content (AvgIpc) is 3.36. The van der Waals surface area contributed by atoms with Gasteiger partial charge in [-0.2, -0.15) is 0 Å². The fourth-order valence-corrected chi connectivity index (χ4v) is 3.58. The van der Waals surface area contributed by atoms with E-state index in [4.69, 9.17) is 4.74 Å². The molecule has 1 aliphatic carbocycles. The van der Waals surface area contributed by atoms with Gasteiger partial charge in [0.1, 0.15) is 22.5 Å². The normalized spacial score (nSPS) is 14.5. The van der Waals surface area contributed by atoms with Crippen LogP contribution in [0.2, 0.25) is 0 Å². The van der Waals surface area contributed by atoms with Gasteiger partial charge in [0, 0.05) is 12.6 Å². The maximum Gasteiger partial charge on any atom is 0.258 e. The first-order chi connectivity index (χ1) is 13.7. The predicted molar refractivity (Wildman–Crippen MR) is 106 cm³/mol. The molecule has 0 bridgehead atoms. The highest BCUT2D eigenvalue weighted by atomic mass is 16.5. The molecule has 0 spiro atoms. The van der Waals surface area contributed by atoms with E-state index in [-0.39, 0.29) is 25.2 Å². The number of aliphatic hydroxyl groups is 1. The zero-order valence-electron chi connectivity index (χ0n) is 15.7. The Morgan fingerprint density at radius 2 is 1.86 bits per heavy atom. The average molecular weight is 380 g/mol. The number of hydrogen-bond donors (Lipinski definition) is 2. The van der Waals surface area contributed by atoms with Crippen molar-refractivity contribution in [2.75, 3.05) is 13.2 Å². The Hall–Kier alpha value is -2.93. The number of aromatic nitrogens is 3. The number of nitrogens with zero attached hydrogens (tertiary/aromatic N) is 3. The molecule has 3 aromatic rings. The van der Waals surface area contributed by atoms with Crippen LogP contribution in [0.25, 0.3) is 16.7 Å². The van der Waals surface area contributed by atoms with Crippen molar-refractivity contribution in [3.05, 3.63) is 48.0 Å². The van der Waals surface area contributed by atoms with E-state index in [1.165, 1.54) is 17.6 Å². The molecule has 0 atom stereocenters. The van der Waals surface area contributed by atoms with Gasteiger partial charge in [-0.15, -0.1) is 15.0 Å². The van der Waals surface area contributed by atoms with Crippen molar-refractivity contribution in [1.82, 2.24) is 20.3 Å². The molecule has 0 aliphatic heterocycles. The lowest BCUT2D eigenvalue weighted by atomic mass is 10.1. The summed E-state index contributed by atoms with van der Waals surface area (Å²) in [7, 11) is 0. The third-order valence-electron chi connectivity index (χ3n) is 5.00. The molecular formula is C21H24N4O3. The summed E-state index contributed by atoms with van der Waals surface area (Å²) in [4.78, 5) is 13.7. The summed E-state index contributed by atoms with van der Waals surface area (Å²) in [6.07, 6.45) is 4.94. The largest absolute Gasteiger partial charge is 0.481 e. The molecule has 1 aliphatic rings. The highest BCUT2D eigenvalue weighted by molar-refractivity contribution is 5.78. The second-order valence-electron chi connectivity index (χ2n) is 7.09. The van der Waals surface area contributed by atoms with Gasteiger partial charge in [-0.25, -0.2) is 0 Å². The van der Waals surface area contributed by atoms with Crippen LogP contribution < -0.4 is 10.1 Å². The summed E-state index contributed by atoms with van der Waals surface area (Å²) in [6, 6.07) is 13.4. The lowest BCUT2D eigenvalue weighted by molar-refractivity contribution is -0.123. The lowest BCUT2D eigenvalue weighted by Crippen LogP contribution is -2.36. The van der Waals surface area contributed by atoms with Crippen molar-refractivity contribution in [3.8, 4) is 11.4 Å². The number of ether oxygens (including phenoxy) is 1. The number of benzene rings is 2. The van der Waals surface area contributed by atoms with E-state index in [0.29, 0.717) is 17.9 Å². The van der Waals surface area contributed by atoms with Crippen LogP contribution >= 0.6 is 0 Å². The van der Waals surface area contributed by atoms with E-state index < -0.39 is 0 Å². The highest BCUT2D eigenvalue weighted by Gasteiger charge is 2.18. The van der Waals surface area contributed by atoms with Gasteiger partial charge >= 0.3 is 0 Å². The number of amides is 1. The van der Waals surface area contributed by atoms with Gasteiger partial charge in [-0.3, -0.25) is 4.79 Å². The Balaban J connectivity index is 1.56. The first kappa shape index (κ1) is 18.4. The van der Waals surface area contributed by atoms with Crippen LogP contribution in [0.4, 0.5) is 0 Å². The number of rotatable bonds is 7. The fraction of sp³-hybridized carbons (Fsp3) is 0.381. The number of hydrogen-bond acceptors (Lipinski definition) is 5. The van der Waals surface area contributed by atoms with Gasteiger partial charge in [0.05, 0.1) is 0 Å². The van der Waals surface area contributed by atoms with Crippen molar-refractivity contribution in [2.45, 2.75) is 38.1 Å². The summed E-state index contributed by atoms with van der Waals surface area (Å²) in [5.41, 5.74) is 3.15. The Kier molecular flexibility index (Phi) is 5.53. The van der Waals surface area contributed by atoms with Crippen molar-refractivity contribution in [3.63, 3.8) is 0 Å². The zero-order chi connectivity index (χ0) is 19.3. The fourth-order valence-electron chi connectivity index (χ4n) is 3.58. The molecule has 4 rings (SSSR count).